The van der Waals surface area contributed by atoms with Gasteiger partial charge in [-0.2, -0.15) is 5.26 Å². The van der Waals surface area contributed by atoms with E-state index in [1.165, 1.54) is 13.0 Å². The number of esters is 1. The number of unbranched alkanes of at least 4 members (excludes halogenated alkanes) is 1. The fourth-order valence-electron chi connectivity index (χ4n) is 2.92. The Morgan fingerprint density at radius 3 is 2.76 bits per heavy atom. The van der Waals surface area contributed by atoms with Gasteiger partial charge in [-0.15, -0.1) is 0 Å². The van der Waals surface area contributed by atoms with E-state index in [2.05, 4.69) is 10.6 Å². The van der Waals surface area contributed by atoms with Gasteiger partial charge in [0.2, 0.25) is 0 Å². The van der Waals surface area contributed by atoms with Gasteiger partial charge in [0.1, 0.15) is 12.1 Å². The summed E-state index contributed by atoms with van der Waals surface area (Å²) in [5.41, 5.74) is -0.280. The maximum atomic E-state index is 12.5. The van der Waals surface area contributed by atoms with Crippen LogP contribution in [0.25, 0.3) is 0 Å². The molecule has 2 rings (SSSR count). The minimum atomic E-state index is -1.15. The number of carbonyl (C=O) groups is 4. The van der Waals surface area contributed by atoms with Crippen LogP contribution in [0, 0.1) is 11.3 Å². The van der Waals surface area contributed by atoms with Crippen LogP contribution in [0.15, 0.2) is 24.3 Å². The molecular formula is C20H24N4O5. The largest absolute Gasteiger partial charge is 0.451 e. The van der Waals surface area contributed by atoms with E-state index in [0.29, 0.717) is 17.7 Å². The molecule has 0 spiro atoms. The standard InChI is InChI=1S/C20H24N4O5/c1-4-5-9-20(3)18(27)24(19(28)23-20)12-16(25)29-13(2)17(26)22-15-8-6-7-14(10-15)11-21/h6-8,10,13H,4-5,9,12H2,1-3H3,(H,22,26)(H,23,28)/t13-,20-/m1/s1. The highest BCUT2D eigenvalue weighted by Gasteiger charge is 2.48. The molecule has 29 heavy (non-hydrogen) atoms. The maximum Gasteiger partial charge on any atom is 0.327 e. The number of imide groups is 1. The van der Waals surface area contributed by atoms with Crippen LogP contribution in [0.2, 0.25) is 0 Å². The zero-order chi connectivity index (χ0) is 21.6. The number of anilines is 1. The van der Waals surface area contributed by atoms with Gasteiger partial charge in [-0.1, -0.05) is 25.8 Å². The fourth-order valence-corrected chi connectivity index (χ4v) is 2.92. The molecule has 0 radical (unpaired) electrons. The Labute approximate surface area is 169 Å². The summed E-state index contributed by atoms with van der Waals surface area (Å²) in [6.07, 6.45) is 0.941. The summed E-state index contributed by atoms with van der Waals surface area (Å²) in [6.45, 7) is 4.40. The Bertz CT molecular complexity index is 863. The number of urea groups is 1. The molecule has 0 unspecified atom stereocenters. The van der Waals surface area contributed by atoms with Gasteiger partial charge in [0, 0.05) is 5.69 Å². The molecule has 9 heteroatoms. The van der Waals surface area contributed by atoms with E-state index in [0.717, 1.165) is 17.7 Å². The highest BCUT2D eigenvalue weighted by Crippen LogP contribution is 2.23. The Kier molecular flexibility index (Phi) is 6.93. The summed E-state index contributed by atoms with van der Waals surface area (Å²) < 4.78 is 5.06. The number of nitriles is 1. The highest BCUT2D eigenvalue weighted by molar-refractivity contribution is 6.08. The predicted molar refractivity (Wildman–Crippen MR) is 104 cm³/mol. The molecule has 9 nitrogen and oxygen atoms in total. The molecule has 1 fully saturated rings. The first-order valence-corrected chi connectivity index (χ1v) is 9.34. The van der Waals surface area contributed by atoms with Gasteiger partial charge in [-0.3, -0.25) is 19.3 Å². The average molecular weight is 400 g/mol. The van der Waals surface area contributed by atoms with Crippen molar-refractivity contribution in [2.24, 2.45) is 0 Å². The number of nitrogens with one attached hydrogen (secondary N) is 2. The van der Waals surface area contributed by atoms with Crippen molar-refractivity contribution in [3.63, 3.8) is 0 Å². The van der Waals surface area contributed by atoms with Gasteiger partial charge in [-0.05, 0) is 38.5 Å². The lowest BCUT2D eigenvalue weighted by atomic mass is 9.95. The van der Waals surface area contributed by atoms with Crippen molar-refractivity contribution in [2.75, 3.05) is 11.9 Å². The molecule has 2 atom stereocenters. The molecule has 1 aromatic carbocycles. The van der Waals surface area contributed by atoms with Crippen LogP contribution in [0.1, 0.15) is 45.6 Å². The normalized spacial score (nSPS) is 19.3. The lowest BCUT2D eigenvalue weighted by molar-refractivity contribution is -0.155. The van der Waals surface area contributed by atoms with Gasteiger partial charge in [0.05, 0.1) is 11.6 Å². The minimum absolute atomic E-state index is 0.372. The van der Waals surface area contributed by atoms with Gasteiger partial charge >= 0.3 is 12.0 Å². The molecule has 1 heterocycles. The maximum absolute atomic E-state index is 12.5. The molecule has 154 valence electrons. The van der Waals surface area contributed by atoms with Crippen LogP contribution in [0.4, 0.5) is 10.5 Å². The van der Waals surface area contributed by atoms with Crippen LogP contribution in [0.3, 0.4) is 0 Å². The molecule has 2 N–H and O–H groups in total. The van der Waals surface area contributed by atoms with Crippen LogP contribution in [0.5, 0.6) is 0 Å². The number of rotatable bonds is 8. The van der Waals surface area contributed by atoms with Gasteiger partial charge in [-0.25, -0.2) is 4.79 Å². The second kappa shape index (κ2) is 9.19. The quantitative estimate of drug-likeness (QED) is 0.507. The first-order valence-electron chi connectivity index (χ1n) is 9.34. The number of hydrogen-bond acceptors (Lipinski definition) is 6. The van der Waals surface area contributed by atoms with E-state index in [4.69, 9.17) is 10.00 Å². The van der Waals surface area contributed by atoms with Crippen LogP contribution >= 0.6 is 0 Å². The second-order valence-electron chi connectivity index (χ2n) is 7.07. The molecule has 1 aromatic rings. The molecule has 4 amide bonds. The molecule has 1 aliphatic rings. The number of benzene rings is 1. The molecule has 0 saturated carbocycles. The molecular weight excluding hydrogens is 376 g/mol. The van der Waals surface area contributed by atoms with Crippen LogP contribution in [-0.2, 0) is 19.1 Å². The van der Waals surface area contributed by atoms with E-state index in [-0.39, 0.29) is 0 Å². The number of amides is 4. The highest BCUT2D eigenvalue weighted by atomic mass is 16.5. The molecule has 0 bridgehead atoms. The molecule has 0 aliphatic carbocycles. The summed E-state index contributed by atoms with van der Waals surface area (Å²) in [5, 5.41) is 14.0. The van der Waals surface area contributed by atoms with E-state index in [1.807, 2.05) is 13.0 Å². The number of carbonyl (C=O) groups excluding carboxylic acids is 4. The fraction of sp³-hybridized carbons (Fsp3) is 0.450. The summed E-state index contributed by atoms with van der Waals surface area (Å²) in [7, 11) is 0. The van der Waals surface area contributed by atoms with E-state index < -0.39 is 42.0 Å². The summed E-state index contributed by atoms with van der Waals surface area (Å²) in [6, 6.07) is 7.58. The Morgan fingerprint density at radius 1 is 1.38 bits per heavy atom. The van der Waals surface area contributed by atoms with Crippen LogP contribution < -0.4 is 10.6 Å². The predicted octanol–water partition coefficient (Wildman–Crippen LogP) is 1.93. The van der Waals surface area contributed by atoms with E-state index in [1.54, 1.807) is 25.1 Å². The third-order valence-corrected chi connectivity index (χ3v) is 4.60. The minimum Gasteiger partial charge on any atom is -0.451 e. The number of ether oxygens (including phenoxy) is 1. The number of nitrogens with zero attached hydrogens (tertiary/aromatic N) is 2. The Hall–Kier alpha value is -3.41. The molecule has 0 aromatic heterocycles. The average Bonchev–Trinajstić information content (AvgIpc) is 2.89. The molecule has 1 saturated heterocycles. The lowest BCUT2D eigenvalue weighted by Crippen LogP contribution is -2.44. The Morgan fingerprint density at radius 2 is 2.10 bits per heavy atom. The summed E-state index contributed by atoms with van der Waals surface area (Å²) in [5.74, 6) is -1.96. The van der Waals surface area contributed by atoms with Crippen molar-refractivity contribution in [3.8, 4) is 6.07 Å². The van der Waals surface area contributed by atoms with Crippen molar-refractivity contribution >= 4 is 29.5 Å². The summed E-state index contributed by atoms with van der Waals surface area (Å²) in [4.78, 5) is 49.8. The monoisotopic (exact) mass is 400 g/mol. The zero-order valence-electron chi connectivity index (χ0n) is 16.7. The third-order valence-electron chi connectivity index (χ3n) is 4.60. The summed E-state index contributed by atoms with van der Waals surface area (Å²) >= 11 is 0. The van der Waals surface area contributed by atoms with E-state index in [9.17, 15) is 19.2 Å². The van der Waals surface area contributed by atoms with Crippen molar-refractivity contribution in [2.45, 2.75) is 51.7 Å². The van der Waals surface area contributed by atoms with E-state index >= 15 is 0 Å². The van der Waals surface area contributed by atoms with Crippen molar-refractivity contribution in [3.05, 3.63) is 29.8 Å². The van der Waals surface area contributed by atoms with Gasteiger partial charge in [0.15, 0.2) is 6.10 Å². The second-order valence-corrected chi connectivity index (χ2v) is 7.07. The van der Waals surface area contributed by atoms with Gasteiger partial charge < -0.3 is 15.4 Å². The number of hydrogen-bond donors (Lipinski definition) is 2. The van der Waals surface area contributed by atoms with Crippen molar-refractivity contribution < 1.29 is 23.9 Å². The first kappa shape index (κ1) is 21.9. The third kappa shape index (κ3) is 5.31. The Balaban J connectivity index is 1.92. The first-order chi connectivity index (χ1) is 13.7. The van der Waals surface area contributed by atoms with Gasteiger partial charge in [0.25, 0.3) is 11.8 Å². The lowest BCUT2D eigenvalue weighted by Gasteiger charge is -2.21. The molecule has 1 aliphatic heterocycles. The van der Waals surface area contributed by atoms with Crippen molar-refractivity contribution in [1.29, 1.82) is 5.26 Å². The smallest absolute Gasteiger partial charge is 0.327 e. The zero-order valence-corrected chi connectivity index (χ0v) is 16.7. The SMILES string of the molecule is CCCC[C@@]1(C)NC(=O)N(CC(=O)O[C@H](C)C(=O)Nc2cccc(C#N)c2)C1=O. The van der Waals surface area contributed by atoms with Crippen LogP contribution in [-0.4, -0.2) is 46.9 Å². The topological polar surface area (TPSA) is 129 Å². The van der Waals surface area contributed by atoms with Crippen molar-refractivity contribution in [1.82, 2.24) is 10.2 Å².